The van der Waals surface area contributed by atoms with Gasteiger partial charge >= 0.3 is 12.0 Å². The molecule has 114 valence electrons. The summed E-state index contributed by atoms with van der Waals surface area (Å²) in [6, 6.07) is 6.64. The third-order valence-corrected chi connectivity index (χ3v) is 2.66. The second kappa shape index (κ2) is 8.57. The molecular formula is C14H19N3O4. The maximum absolute atomic E-state index is 11.7. The summed E-state index contributed by atoms with van der Waals surface area (Å²) in [4.78, 5) is 33.0. The van der Waals surface area contributed by atoms with E-state index in [0.717, 1.165) is 5.56 Å². The molecule has 7 nitrogen and oxygen atoms in total. The average Bonchev–Trinajstić information content (AvgIpc) is 2.42. The van der Waals surface area contributed by atoms with Gasteiger partial charge in [0.1, 0.15) is 0 Å². The Labute approximate surface area is 122 Å². The molecule has 0 aliphatic heterocycles. The Balaban J connectivity index is 2.47. The number of hydrogen-bond donors (Lipinski definition) is 4. The first-order valence-electron chi connectivity index (χ1n) is 6.58. The third-order valence-electron chi connectivity index (χ3n) is 2.66. The van der Waals surface area contributed by atoms with Crippen LogP contribution in [0.25, 0.3) is 0 Å². The Bertz CT molecular complexity index is 517. The molecule has 0 radical (unpaired) electrons. The lowest BCUT2D eigenvalue weighted by Gasteiger charge is -2.11. The van der Waals surface area contributed by atoms with Crippen molar-refractivity contribution in [2.75, 3.05) is 18.4 Å². The van der Waals surface area contributed by atoms with Crippen molar-refractivity contribution in [3.8, 4) is 0 Å². The molecule has 0 aliphatic carbocycles. The van der Waals surface area contributed by atoms with Gasteiger partial charge in [-0.2, -0.15) is 0 Å². The lowest BCUT2D eigenvalue weighted by Crippen LogP contribution is -2.36. The molecule has 1 aromatic carbocycles. The van der Waals surface area contributed by atoms with Gasteiger partial charge in [0.2, 0.25) is 5.91 Å². The number of aliphatic carboxylic acids is 1. The van der Waals surface area contributed by atoms with Gasteiger partial charge in [0, 0.05) is 32.1 Å². The molecule has 0 heterocycles. The normalized spacial score (nSPS) is 9.76. The number of para-hydroxylation sites is 1. The second-order valence-electron chi connectivity index (χ2n) is 4.41. The smallest absolute Gasteiger partial charge is 0.319 e. The number of carbonyl (C=O) groups excluding carboxylic acids is 2. The van der Waals surface area contributed by atoms with Crippen molar-refractivity contribution in [2.24, 2.45) is 0 Å². The van der Waals surface area contributed by atoms with Gasteiger partial charge in [-0.1, -0.05) is 18.2 Å². The molecule has 3 amide bonds. The van der Waals surface area contributed by atoms with Gasteiger partial charge in [0.05, 0.1) is 0 Å². The van der Waals surface area contributed by atoms with E-state index in [4.69, 9.17) is 5.11 Å². The number of amides is 3. The minimum Gasteiger partial charge on any atom is -0.481 e. The maximum atomic E-state index is 11.7. The van der Waals surface area contributed by atoms with Crippen molar-refractivity contribution in [1.82, 2.24) is 10.6 Å². The van der Waals surface area contributed by atoms with E-state index in [-0.39, 0.29) is 12.3 Å². The Hall–Kier alpha value is -2.57. The zero-order chi connectivity index (χ0) is 15.7. The summed E-state index contributed by atoms with van der Waals surface area (Å²) in [6.07, 6.45) is 0.348. The summed E-state index contributed by atoms with van der Waals surface area (Å²) in [5, 5.41) is 16.5. The van der Waals surface area contributed by atoms with E-state index >= 15 is 0 Å². The number of carboxylic acid groups (broad SMARTS) is 1. The number of nitrogens with one attached hydrogen (secondary N) is 3. The Morgan fingerprint density at radius 3 is 2.43 bits per heavy atom. The second-order valence-corrected chi connectivity index (χ2v) is 4.41. The molecular weight excluding hydrogens is 274 g/mol. The van der Waals surface area contributed by atoms with E-state index in [0.29, 0.717) is 25.2 Å². The minimum atomic E-state index is -0.885. The van der Waals surface area contributed by atoms with Crippen LogP contribution < -0.4 is 16.0 Å². The summed E-state index contributed by atoms with van der Waals surface area (Å²) in [6.45, 7) is 2.06. The minimum absolute atomic E-state index is 0.00282. The van der Waals surface area contributed by atoms with E-state index in [9.17, 15) is 14.4 Å². The number of rotatable bonds is 7. The van der Waals surface area contributed by atoms with Gasteiger partial charge in [0.15, 0.2) is 0 Å². The van der Waals surface area contributed by atoms with Crippen LogP contribution in [0.1, 0.15) is 18.9 Å². The number of urea groups is 1. The summed E-state index contributed by atoms with van der Waals surface area (Å²) in [7, 11) is 0. The predicted molar refractivity (Wildman–Crippen MR) is 78.1 cm³/mol. The van der Waals surface area contributed by atoms with Crippen molar-refractivity contribution in [3.63, 3.8) is 0 Å². The van der Waals surface area contributed by atoms with Crippen molar-refractivity contribution >= 4 is 23.6 Å². The zero-order valence-corrected chi connectivity index (χ0v) is 11.8. The highest BCUT2D eigenvalue weighted by molar-refractivity contribution is 5.90. The SMILES string of the molecule is CC(=O)NCCNC(=O)Nc1ccccc1CCC(=O)O. The fourth-order valence-electron chi connectivity index (χ4n) is 1.68. The van der Waals surface area contributed by atoms with Crippen molar-refractivity contribution < 1.29 is 19.5 Å². The monoisotopic (exact) mass is 293 g/mol. The van der Waals surface area contributed by atoms with Crippen LogP contribution in [0.3, 0.4) is 0 Å². The molecule has 0 fully saturated rings. The van der Waals surface area contributed by atoms with Crippen LogP contribution in [-0.2, 0) is 16.0 Å². The molecule has 4 N–H and O–H groups in total. The summed E-state index contributed by atoms with van der Waals surface area (Å²) < 4.78 is 0. The largest absolute Gasteiger partial charge is 0.481 e. The van der Waals surface area contributed by atoms with Crippen LogP contribution in [0.2, 0.25) is 0 Å². The quantitative estimate of drug-likeness (QED) is 0.562. The number of hydrogen-bond acceptors (Lipinski definition) is 3. The molecule has 0 saturated heterocycles. The predicted octanol–water partition coefficient (Wildman–Crippen LogP) is 0.961. The molecule has 0 aromatic heterocycles. The number of carboxylic acids is 1. The maximum Gasteiger partial charge on any atom is 0.319 e. The van der Waals surface area contributed by atoms with Crippen molar-refractivity contribution in [2.45, 2.75) is 19.8 Å². The molecule has 0 atom stereocenters. The van der Waals surface area contributed by atoms with Gasteiger partial charge in [-0.3, -0.25) is 9.59 Å². The molecule has 0 saturated carbocycles. The standard InChI is InChI=1S/C14H19N3O4/c1-10(18)15-8-9-16-14(21)17-12-5-3-2-4-11(12)6-7-13(19)20/h2-5H,6-9H2,1H3,(H,15,18)(H,19,20)(H2,16,17,21). The molecule has 0 aliphatic rings. The van der Waals surface area contributed by atoms with Gasteiger partial charge in [0.25, 0.3) is 0 Å². The highest BCUT2D eigenvalue weighted by Gasteiger charge is 2.07. The van der Waals surface area contributed by atoms with Crippen LogP contribution in [0.15, 0.2) is 24.3 Å². The molecule has 7 heteroatoms. The number of anilines is 1. The van der Waals surface area contributed by atoms with Gasteiger partial charge < -0.3 is 21.1 Å². The van der Waals surface area contributed by atoms with E-state index in [2.05, 4.69) is 16.0 Å². The van der Waals surface area contributed by atoms with Gasteiger partial charge in [-0.15, -0.1) is 0 Å². The number of carbonyl (C=O) groups is 3. The first-order valence-corrected chi connectivity index (χ1v) is 6.58. The highest BCUT2D eigenvalue weighted by Crippen LogP contribution is 2.16. The summed E-state index contributed by atoms with van der Waals surface area (Å²) in [5.41, 5.74) is 1.34. The topological polar surface area (TPSA) is 108 Å². The highest BCUT2D eigenvalue weighted by atomic mass is 16.4. The first kappa shape index (κ1) is 16.5. The molecule has 1 rings (SSSR count). The molecule has 0 bridgehead atoms. The first-order chi connectivity index (χ1) is 9.99. The van der Waals surface area contributed by atoms with E-state index < -0.39 is 12.0 Å². The summed E-state index contributed by atoms with van der Waals surface area (Å²) in [5.74, 6) is -1.04. The van der Waals surface area contributed by atoms with Crippen molar-refractivity contribution in [1.29, 1.82) is 0 Å². The summed E-state index contributed by atoms with van der Waals surface area (Å²) >= 11 is 0. The lowest BCUT2D eigenvalue weighted by atomic mass is 10.1. The van der Waals surface area contributed by atoms with Crippen LogP contribution in [-0.4, -0.2) is 36.1 Å². The van der Waals surface area contributed by atoms with E-state index in [1.54, 1.807) is 24.3 Å². The number of benzene rings is 1. The van der Waals surface area contributed by atoms with Crippen LogP contribution in [0.4, 0.5) is 10.5 Å². The van der Waals surface area contributed by atoms with Crippen LogP contribution in [0.5, 0.6) is 0 Å². The fraction of sp³-hybridized carbons (Fsp3) is 0.357. The third kappa shape index (κ3) is 6.95. The molecule has 21 heavy (non-hydrogen) atoms. The average molecular weight is 293 g/mol. The number of aryl methyl sites for hydroxylation is 1. The molecule has 1 aromatic rings. The fourth-order valence-corrected chi connectivity index (χ4v) is 1.68. The van der Waals surface area contributed by atoms with Gasteiger partial charge in [-0.25, -0.2) is 4.79 Å². The van der Waals surface area contributed by atoms with Crippen LogP contribution >= 0.6 is 0 Å². The lowest BCUT2D eigenvalue weighted by molar-refractivity contribution is -0.137. The molecule has 0 spiro atoms. The zero-order valence-electron chi connectivity index (χ0n) is 11.8. The Kier molecular flexibility index (Phi) is 6.73. The Morgan fingerprint density at radius 2 is 1.76 bits per heavy atom. The van der Waals surface area contributed by atoms with Gasteiger partial charge in [-0.05, 0) is 18.1 Å². The van der Waals surface area contributed by atoms with E-state index in [1.165, 1.54) is 6.92 Å². The van der Waals surface area contributed by atoms with Crippen molar-refractivity contribution in [3.05, 3.63) is 29.8 Å². The Morgan fingerprint density at radius 1 is 1.10 bits per heavy atom. The van der Waals surface area contributed by atoms with Crippen LogP contribution in [0, 0.1) is 0 Å². The molecule has 0 unspecified atom stereocenters. The van der Waals surface area contributed by atoms with E-state index in [1.807, 2.05) is 0 Å².